The molecule has 2 atom stereocenters. The lowest BCUT2D eigenvalue weighted by Gasteiger charge is -2.14. The first-order valence-electron chi connectivity index (χ1n) is 6.37. The molecule has 1 heterocycles. The number of non-ortho nitro benzene ring substituents is 1. The highest BCUT2D eigenvalue weighted by molar-refractivity contribution is 6.22. The summed E-state index contributed by atoms with van der Waals surface area (Å²) >= 11 is 0. The molecule has 6 heteroatoms. The predicted molar refractivity (Wildman–Crippen MR) is 70.9 cm³/mol. The van der Waals surface area contributed by atoms with E-state index < -0.39 is 4.92 Å². The average Bonchev–Trinajstić information content (AvgIpc) is 2.72. The third-order valence-corrected chi connectivity index (χ3v) is 3.81. The third kappa shape index (κ3) is 1.80. The monoisotopic (exact) mass is 272 g/mol. The number of carbonyl (C=O) groups excluding carboxylic acids is 2. The van der Waals surface area contributed by atoms with E-state index in [2.05, 4.69) is 0 Å². The number of imide groups is 1. The fourth-order valence-corrected chi connectivity index (χ4v) is 2.80. The van der Waals surface area contributed by atoms with E-state index in [1.807, 2.05) is 12.2 Å². The number of carbonyl (C=O) groups is 2. The number of anilines is 1. The van der Waals surface area contributed by atoms with Gasteiger partial charge in [0.2, 0.25) is 11.8 Å². The number of nitro groups is 1. The zero-order chi connectivity index (χ0) is 14.3. The van der Waals surface area contributed by atoms with E-state index in [0.717, 1.165) is 4.90 Å². The van der Waals surface area contributed by atoms with Gasteiger partial charge in [0.25, 0.3) is 5.69 Å². The molecule has 0 unspecified atom stereocenters. The van der Waals surface area contributed by atoms with Crippen LogP contribution in [0.15, 0.2) is 36.4 Å². The zero-order valence-electron chi connectivity index (χ0n) is 10.6. The van der Waals surface area contributed by atoms with Crippen LogP contribution in [0.1, 0.15) is 12.8 Å². The van der Waals surface area contributed by atoms with Crippen molar-refractivity contribution in [2.75, 3.05) is 4.90 Å². The summed E-state index contributed by atoms with van der Waals surface area (Å²) < 4.78 is 0. The second-order valence-corrected chi connectivity index (χ2v) is 4.94. The number of fused-ring (bicyclic) bond motifs is 1. The van der Waals surface area contributed by atoms with Crippen molar-refractivity contribution in [1.82, 2.24) is 0 Å². The Hall–Kier alpha value is -2.50. The fraction of sp³-hybridized carbons (Fsp3) is 0.286. The minimum Gasteiger partial charge on any atom is -0.274 e. The number of amides is 2. The topological polar surface area (TPSA) is 80.5 Å². The Labute approximate surface area is 114 Å². The lowest BCUT2D eigenvalue weighted by Crippen LogP contribution is -2.30. The molecule has 1 aromatic carbocycles. The Balaban J connectivity index is 1.98. The summed E-state index contributed by atoms with van der Waals surface area (Å²) in [6.45, 7) is 0. The molecule has 1 aliphatic carbocycles. The molecule has 6 nitrogen and oxygen atoms in total. The van der Waals surface area contributed by atoms with Crippen molar-refractivity contribution in [2.45, 2.75) is 12.8 Å². The molecule has 2 aliphatic rings. The molecule has 20 heavy (non-hydrogen) atoms. The molecule has 2 amide bonds. The smallest absolute Gasteiger partial charge is 0.271 e. The van der Waals surface area contributed by atoms with E-state index >= 15 is 0 Å². The van der Waals surface area contributed by atoms with Gasteiger partial charge in [-0.25, -0.2) is 4.90 Å². The van der Waals surface area contributed by atoms with Gasteiger partial charge in [-0.15, -0.1) is 0 Å². The van der Waals surface area contributed by atoms with Crippen molar-refractivity contribution < 1.29 is 14.5 Å². The van der Waals surface area contributed by atoms with E-state index in [1.165, 1.54) is 18.2 Å². The Morgan fingerprint density at radius 2 is 1.70 bits per heavy atom. The van der Waals surface area contributed by atoms with Crippen LogP contribution in [0, 0.1) is 22.0 Å². The second-order valence-electron chi connectivity index (χ2n) is 4.94. The molecule has 0 N–H and O–H groups in total. The molecule has 0 radical (unpaired) electrons. The number of nitro benzene ring substituents is 1. The third-order valence-electron chi connectivity index (χ3n) is 3.81. The van der Waals surface area contributed by atoms with Gasteiger partial charge in [-0.05, 0) is 18.9 Å². The van der Waals surface area contributed by atoms with Crippen LogP contribution in [0.2, 0.25) is 0 Å². The summed E-state index contributed by atoms with van der Waals surface area (Å²) in [4.78, 5) is 36.0. The minimum atomic E-state index is -0.539. The van der Waals surface area contributed by atoms with Crippen LogP contribution in [0.25, 0.3) is 0 Å². The predicted octanol–water partition coefficient (Wildman–Crippen LogP) is 2.05. The maximum atomic E-state index is 12.3. The van der Waals surface area contributed by atoms with Crippen molar-refractivity contribution in [3.8, 4) is 0 Å². The Morgan fingerprint density at radius 3 is 2.25 bits per heavy atom. The first-order chi connectivity index (χ1) is 9.59. The van der Waals surface area contributed by atoms with Crippen LogP contribution in [0.5, 0.6) is 0 Å². The van der Waals surface area contributed by atoms with Gasteiger partial charge in [0.1, 0.15) is 0 Å². The summed E-state index contributed by atoms with van der Waals surface area (Å²) in [7, 11) is 0. The Bertz CT molecular complexity index is 612. The molecule has 102 valence electrons. The second kappa shape index (κ2) is 4.56. The van der Waals surface area contributed by atoms with Crippen LogP contribution in [-0.2, 0) is 9.59 Å². The van der Waals surface area contributed by atoms with Gasteiger partial charge in [0.05, 0.1) is 22.4 Å². The Morgan fingerprint density at radius 1 is 1.10 bits per heavy atom. The van der Waals surface area contributed by atoms with Crippen LogP contribution in [0.3, 0.4) is 0 Å². The van der Waals surface area contributed by atoms with Crippen molar-refractivity contribution in [1.29, 1.82) is 0 Å². The maximum Gasteiger partial charge on any atom is 0.271 e. The molecule has 3 rings (SSSR count). The van der Waals surface area contributed by atoms with Gasteiger partial charge in [0, 0.05) is 12.1 Å². The number of allylic oxidation sites excluding steroid dienone is 2. The molecule has 1 aromatic rings. The Kier molecular flexibility index (Phi) is 2.85. The van der Waals surface area contributed by atoms with E-state index in [1.54, 1.807) is 6.07 Å². The quantitative estimate of drug-likeness (QED) is 0.357. The first kappa shape index (κ1) is 12.5. The van der Waals surface area contributed by atoms with Crippen molar-refractivity contribution >= 4 is 23.2 Å². The molecular weight excluding hydrogens is 260 g/mol. The van der Waals surface area contributed by atoms with Gasteiger partial charge in [-0.3, -0.25) is 19.7 Å². The normalized spacial score (nSPS) is 24.9. The number of benzene rings is 1. The molecule has 0 saturated carbocycles. The fourth-order valence-electron chi connectivity index (χ4n) is 2.80. The molecule has 1 aliphatic heterocycles. The van der Waals surface area contributed by atoms with Crippen LogP contribution in [-0.4, -0.2) is 16.7 Å². The molecule has 0 spiro atoms. The van der Waals surface area contributed by atoms with E-state index in [9.17, 15) is 19.7 Å². The molecule has 1 fully saturated rings. The average molecular weight is 272 g/mol. The summed E-state index contributed by atoms with van der Waals surface area (Å²) in [6, 6.07) is 5.63. The van der Waals surface area contributed by atoms with Crippen molar-refractivity contribution in [3.63, 3.8) is 0 Å². The number of nitrogens with zero attached hydrogens (tertiary/aromatic N) is 2. The van der Waals surface area contributed by atoms with Gasteiger partial charge >= 0.3 is 0 Å². The number of hydrogen-bond donors (Lipinski definition) is 0. The van der Waals surface area contributed by atoms with Gasteiger partial charge in [-0.1, -0.05) is 18.2 Å². The molecule has 0 aromatic heterocycles. The largest absolute Gasteiger partial charge is 0.274 e. The highest BCUT2D eigenvalue weighted by Crippen LogP contribution is 2.38. The first-order valence-corrected chi connectivity index (χ1v) is 6.37. The zero-order valence-corrected chi connectivity index (χ0v) is 10.6. The lowest BCUT2D eigenvalue weighted by atomic mass is 9.85. The van der Waals surface area contributed by atoms with Crippen molar-refractivity contribution in [3.05, 3.63) is 46.5 Å². The van der Waals surface area contributed by atoms with E-state index in [-0.39, 0.29) is 35.0 Å². The lowest BCUT2D eigenvalue weighted by molar-refractivity contribution is -0.384. The maximum absolute atomic E-state index is 12.3. The van der Waals surface area contributed by atoms with Crippen LogP contribution >= 0.6 is 0 Å². The highest BCUT2D eigenvalue weighted by Gasteiger charge is 2.47. The minimum absolute atomic E-state index is 0.129. The van der Waals surface area contributed by atoms with Gasteiger partial charge < -0.3 is 0 Å². The molecular formula is C14H12N2O4. The number of hydrogen-bond acceptors (Lipinski definition) is 4. The number of rotatable bonds is 2. The summed E-state index contributed by atoms with van der Waals surface area (Å²) in [5.41, 5.74) is 0.152. The standard InChI is InChI=1S/C14H12N2O4/c17-13-11-6-1-2-7-12(11)14(18)15(13)9-4-3-5-10(8-9)16(19)20/h1-5,8,11-12H,6-7H2/t11-,12+. The molecule has 0 bridgehead atoms. The van der Waals surface area contributed by atoms with Gasteiger partial charge in [-0.2, -0.15) is 0 Å². The van der Waals surface area contributed by atoms with Gasteiger partial charge in [0.15, 0.2) is 0 Å². The molecule has 1 saturated heterocycles. The van der Waals surface area contributed by atoms with Crippen LogP contribution in [0.4, 0.5) is 11.4 Å². The summed E-state index contributed by atoms with van der Waals surface area (Å²) in [5.74, 6) is -1.17. The summed E-state index contributed by atoms with van der Waals surface area (Å²) in [6.07, 6.45) is 4.92. The summed E-state index contributed by atoms with van der Waals surface area (Å²) in [5, 5.41) is 10.8. The van der Waals surface area contributed by atoms with Crippen molar-refractivity contribution in [2.24, 2.45) is 11.8 Å². The van der Waals surface area contributed by atoms with Crippen LogP contribution < -0.4 is 4.90 Å². The van der Waals surface area contributed by atoms with E-state index in [0.29, 0.717) is 12.8 Å². The highest BCUT2D eigenvalue weighted by atomic mass is 16.6. The SMILES string of the molecule is O=C1[C@H]2CC=CC[C@H]2C(=O)N1c1cccc([N+](=O)[O-])c1. The van der Waals surface area contributed by atoms with E-state index in [4.69, 9.17) is 0 Å².